The van der Waals surface area contributed by atoms with Crippen molar-refractivity contribution in [2.75, 3.05) is 7.05 Å². The van der Waals surface area contributed by atoms with E-state index in [2.05, 4.69) is 5.32 Å². The zero-order valence-corrected chi connectivity index (χ0v) is 11.7. The summed E-state index contributed by atoms with van der Waals surface area (Å²) >= 11 is 0. The molecule has 0 bridgehead atoms. The second-order valence-corrected chi connectivity index (χ2v) is 4.90. The Hall–Kier alpha value is -1.37. The quantitative estimate of drug-likeness (QED) is 0.640. The summed E-state index contributed by atoms with van der Waals surface area (Å²) in [6.07, 6.45) is -0.781. The predicted octanol–water partition coefficient (Wildman–Crippen LogP) is 1.81. The molecule has 2 atom stereocenters. The van der Waals surface area contributed by atoms with Crippen LogP contribution in [0, 0.1) is 10.1 Å². The van der Waals surface area contributed by atoms with E-state index in [1.807, 2.05) is 0 Å². The molecule has 7 heteroatoms. The van der Waals surface area contributed by atoms with E-state index in [-0.39, 0.29) is 24.1 Å². The third kappa shape index (κ3) is 2.65. The van der Waals surface area contributed by atoms with Crippen LogP contribution in [0.5, 0.6) is 5.75 Å². The zero-order valence-electron chi connectivity index (χ0n) is 10.9. The normalized spacial score (nSPS) is 23.8. The van der Waals surface area contributed by atoms with Crippen molar-refractivity contribution in [2.45, 2.75) is 31.6 Å². The standard InChI is InChI=1S/C12H16N2O4.ClH/c1-12(2)11(15)10(13-3)8-6-7(14(16)17)4-5-9(8)18-12;/h4-6,10-11,13,15H,1-3H3;1H. The zero-order chi connectivity index (χ0) is 13.5. The van der Waals surface area contributed by atoms with Crippen LogP contribution in [0.4, 0.5) is 5.69 Å². The van der Waals surface area contributed by atoms with Crippen molar-refractivity contribution in [1.29, 1.82) is 0 Å². The van der Waals surface area contributed by atoms with E-state index in [9.17, 15) is 15.2 Å². The molecule has 19 heavy (non-hydrogen) atoms. The Morgan fingerprint density at radius 2 is 2.11 bits per heavy atom. The molecule has 0 aliphatic carbocycles. The molecular weight excluding hydrogens is 272 g/mol. The number of nitro groups is 1. The smallest absolute Gasteiger partial charge is 0.270 e. The van der Waals surface area contributed by atoms with Gasteiger partial charge in [-0.2, -0.15) is 0 Å². The number of fused-ring (bicyclic) bond motifs is 1. The SMILES string of the molecule is CNC1c2cc([N+](=O)[O-])ccc2OC(C)(C)C1O.Cl. The Morgan fingerprint density at radius 3 is 2.63 bits per heavy atom. The molecule has 2 unspecified atom stereocenters. The Kier molecular flexibility index (Phi) is 4.39. The van der Waals surface area contributed by atoms with Gasteiger partial charge < -0.3 is 15.2 Å². The van der Waals surface area contributed by atoms with Crippen LogP contribution in [0.1, 0.15) is 25.5 Å². The van der Waals surface area contributed by atoms with E-state index in [0.29, 0.717) is 11.3 Å². The predicted molar refractivity (Wildman–Crippen MR) is 72.9 cm³/mol. The molecular formula is C12H17ClN2O4. The lowest BCUT2D eigenvalue weighted by Gasteiger charge is -2.41. The first-order chi connectivity index (χ1) is 8.36. The Morgan fingerprint density at radius 1 is 1.47 bits per heavy atom. The molecule has 0 fully saturated rings. The maximum atomic E-state index is 10.8. The van der Waals surface area contributed by atoms with Crippen LogP contribution in [0.25, 0.3) is 0 Å². The molecule has 1 heterocycles. The molecule has 106 valence electrons. The third-order valence-electron chi connectivity index (χ3n) is 3.25. The monoisotopic (exact) mass is 288 g/mol. The fraction of sp³-hybridized carbons (Fsp3) is 0.500. The summed E-state index contributed by atoms with van der Waals surface area (Å²) in [5.41, 5.74) is -0.139. The average molecular weight is 289 g/mol. The fourth-order valence-electron chi connectivity index (χ4n) is 2.21. The first kappa shape index (κ1) is 15.7. The van der Waals surface area contributed by atoms with E-state index in [4.69, 9.17) is 4.74 Å². The minimum Gasteiger partial charge on any atom is -0.485 e. The van der Waals surface area contributed by atoms with Crippen LogP contribution in [0.15, 0.2) is 18.2 Å². The molecule has 0 radical (unpaired) electrons. The van der Waals surface area contributed by atoms with Gasteiger partial charge in [0, 0.05) is 17.7 Å². The van der Waals surface area contributed by atoms with Crippen molar-refractivity contribution in [3.05, 3.63) is 33.9 Å². The van der Waals surface area contributed by atoms with Crippen molar-refractivity contribution < 1.29 is 14.8 Å². The second kappa shape index (κ2) is 5.32. The summed E-state index contributed by atoms with van der Waals surface area (Å²) in [5, 5.41) is 24.0. The number of aliphatic hydroxyl groups excluding tert-OH is 1. The van der Waals surface area contributed by atoms with Crippen molar-refractivity contribution in [3.63, 3.8) is 0 Å². The number of rotatable bonds is 2. The summed E-state index contributed by atoms with van der Waals surface area (Å²) in [7, 11) is 1.71. The number of nitrogens with one attached hydrogen (secondary N) is 1. The van der Waals surface area contributed by atoms with Gasteiger partial charge in [0.15, 0.2) is 0 Å². The van der Waals surface area contributed by atoms with Crippen LogP contribution in [-0.2, 0) is 0 Å². The molecule has 1 aromatic rings. The number of hydrogen-bond acceptors (Lipinski definition) is 5. The van der Waals surface area contributed by atoms with E-state index in [1.54, 1.807) is 27.0 Å². The third-order valence-corrected chi connectivity index (χ3v) is 3.25. The largest absolute Gasteiger partial charge is 0.485 e. The lowest BCUT2D eigenvalue weighted by Crippen LogP contribution is -2.51. The summed E-state index contributed by atoms with van der Waals surface area (Å²) < 4.78 is 5.69. The van der Waals surface area contributed by atoms with Gasteiger partial charge in [-0.15, -0.1) is 12.4 Å². The van der Waals surface area contributed by atoms with Gasteiger partial charge in [0.2, 0.25) is 0 Å². The molecule has 0 aromatic heterocycles. The number of non-ortho nitro benzene ring substituents is 1. The summed E-state index contributed by atoms with van der Waals surface area (Å²) in [6, 6.07) is 4.03. The number of aliphatic hydroxyl groups is 1. The van der Waals surface area contributed by atoms with Gasteiger partial charge >= 0.3 is 0 Å². The van der Waals surface area contributed by atoms with Gasteiger partial charge in [0.1, 0.15) is 17.5 Å². The first-order valence-corrected chi connectivity index (χ1v) is 5.69. The number of nitro benzene ring substituents is 1. The van der Waals surface area contributed by atoms with Gasteiger partial charge in [0.05, 0.1) is 11.0 Å². The first-order valence-electron chi connectivity index (χ1n) is 5.69. The number of ether oxygens (including phenoxy) is 1. The highest BCUT2D eigenvalue weighted by Crippen LogP contribution is 2.40. The Balaban J connectivity index is 0.00000180. The van der Waals surface area contributed by atoms with E-state index >= 15 is 0 Å². The second-order valence-electron chi connectivity index (χ2n) is 4.90. The van der Waals surface area contributed by atoms with Gasteiger partial charge in [-0.05, 0) is 27.0 Å². The van der Waals surface area contributed by atoms with Gasteiger partial charge in [-0.1, -0.05) is 0 Å². The fourth-order valence-corrected chi connectivity index (χ4v) is 2.21. The molecule has 0 spiro atoms. The van der Waals surface area contributed by atoms with Crippen LogP contribution in [-0.4, -0.2) is 28.8 Å². The van der Waals surface area contributed by atoms with E-state index < -0.39 is 16.6 Å². The maximum absolute atomic E-state index is 10.8. The van der Waals surface area contributed by atoms with Crippen LogP contribution in [0.3, 0.4) is 0 Å². The highest BCUT2D eigenvalue weighted by molar-refractivity contribution is 5.85. The number of benzene rings is 1. The molecule has 0 saturated carbocycles. The minimum atomic E-state index is -0.781. The molecule has 2 N–H and O–H groups in total. The summed E-state index contributed by atoms with van der Waals surface area (Å²) in [4.78, 5) is 10.3. The molecule has 1 aromatic carbocycles. The molecule has 1 aliphatic heterocycles. The highest BCUT2D eigenvalue weighted by atomic mass is 35.5. The van der Waals surface area contributed by atoms with Gasteiger partial charge in [-0.3, -0.25) is 10.1 Å². The summed E-state index contributed by atoms with van der Waals surface area (Å²) in [6.45, 7) is 3.57. The van der Waals surface area contributed by atoms with Crippen LogP contribution < -0.4 is 10.1 Å². The Bertz CT molecular complexity index is 493. The van der Waals surface area contributed by atoms with Crippen molar-refractivity contribution in [2.24, 2.45) is 0 Å². The lowest BCUT2D eigenvalue weighted by atomic mass is 9.86. The molecule has 0 amide bonds. The van der Waals surface area contributed by atoms with Crippen LogP contribution in [0.2, 0.25) is 0 Å². The van der Waals surface area contributed by atoms with E-state index in [0.717, 1.165) is 0 Å². The summed E-state index contributed by atoms with van der Waals surface area (Å²) in [5.74, 6) is 0.565. The number of hydrogen-bond donors (Lipinski definition) is 2. The number of halogens is 1. The topological polar surface area (TPSA) is 84.6 Å². The van der Waals surface area contributed by atoms with Crippen molar-refractivity contribution in [3.8, 4) is 5.75 Å². The van der Waals surface area contributed by atoms with Gasteiger partial charge in [0.25, 0.3) is 5.69 Å². The molecule has 2 rings (SSSR count). The number of likely N-dealkylation sites (N-methyl/N-ethyl adjacent to an activating group) is 1. The molecule has 6 nitrogen and oxygen atoms in total. The Labute approximate surface area is 117 Å². The number of nitrogens with zero attached hydrogens (tertiary/aromatic N) is 1. The highest BCUT2D eigenvalue weighted by Gasteiger charge is 2.42. The lowest BCUT2D eigenvalue weighted by molar-refractivity contribution is -0.385. The maximum Gasteiger partial charge on any atom is 0.270 e. The van der Waals surface area contributed by atoms with E-state index in [1.165, 1.54) is 12.1 Å². The van der Waals surface area contributed by atoms with Gasteiger partial charge in [-0.25, -0.2) is 0 Å². The molecule has 0 saturated heterocycles. The minimum absolute atomic E-state index is 0. The molecule has 1 aliphatic rings. The van der Waals surface area contributed by atoms with Crippen molar-refractivity contribution >= 4 is 18.1 Å². The van der Waals surface area contributed by atoms with Crippen molar-refractivity contribution in [1.82, 2.24) is 5.32 Å². The average Bonchev–Trinajstić information content (AvgIpc) is 2.30. The van der Waals surface area contributed by atoms with Crippen LogP contribution >= 0.6 is 12.4 Å².